The largest absolute Gasteiger partial charge is 0.465 e. The first-order valence-electron chi connectivity index (χ1n) is 8.07. The molecule has 0 unspecified atom stereocenters. The Labute approximate surface area is 150 Å². The molecule has 8 nitrogen and oxygen atoms in total. The maximum absolute atomic E-state index is 12.3. The third-order valence-electron chi connectivity index (χ3n) is 3.86. The van der Waals surface area contributed by atoms with E-state index >= 15 is 0 Å². The first-order valence-corrected chi connectivity index (χ1v) is 8.89. The second kappa shape index (κ2) is 8.93. The van der Waals surface area contributed by atoms with Gasteiger partial charge in [-0.3, -0.25) is 4.79 Å². The standard InChI is InChI=1S/C16H22N2O6S/c1-4-24-15(20)12-10(2)13(16(21)22-3)25-14(12)17-11(19)9-18-5-7-23-8-6-18/h4-9H2,1-3H3,(H,17,19)/p+1. The van der Waals surface area contributed by atoms with Crippen LogP contribution in [0, 0.1) is 6.92 Å². The average Bonchev–Trinajstić information content (AvgIpc) is 2.91. The Hall–Kier alpha value is -1.97. The topological polar surface area (TPSA) is 95.4 Å². The van der Waals surface area contributed by atoms with Crippen LogP contribution in [0.5, 0.6) is 0 Å². The number of anilines is 1. The summed E-state index contributed by atoms with van der Waals surface area (Å²) in [5.74, 6) is -1.34. The number of quaternary nitrogens is 1. The van der Waals surface area contributed by atoms with E-state index in [-0.39, 0.29) is 29.5 Å². The predicted octanol–water partition coefficient (Wildman–Crippen LogP) is -0.127. The number of carbonyl (C=O) groups excluding carboxylic acids is 3. The molecule has 0 saturated carbocycles. The highest BCUT2D eigenvalue weighted by molar-refractivity contribution is 7.18. The van der Waals surface area contributed by atoms with Crippen molar-refractivity contribution in [3.63, 3.8) is 0 Å². The van der Waals surface area contributed by atoms with Gasteiger partial charge >= 0.3 is 11.9 Å². The van der Waals surface area contributed by atoms with Gasteiger partial charge in [-0.05, 0) is 19.4 Å². The van der Waals surface area contributed by atoms with Gasteiger partial charge in [-0.1, -0.05) is 0 Å². The Bertz CT molecular complexity index is 651. The molecule has 25 heavy (non-hydrogen) atoms. The van der Waals surface area contributed by atoms with Crippen LogP contribution in [0.4, 0.5) is 5.00 Å². The minimum Gasteiger partial charge on any atom is -0.465 e. The van der Waals surface area contributed by atoms with Crippen molar-refractivity contribution in [3.05, 3.63) is 16.0 Å². The summed E-state index contributed by atoms with van der Waals surface area (Å²) in [7, 11) is 1.27. The molecule has 0 atom stereocenters. The zero-order chi connectivity index (χ0) is 18.4. The van der Waals surface area contributed by atoms with Crippen molar-refractivity contribution in [2.24, 2.45) is 0 Å². The van der Waals surface area contributed by atoms with E-state index in [1.807, 2.05) is 0 Å². The molecule has 1 aliphatic rings. The lowest BCUT2D eigenvalue weighted by molar-refractivity contribution is -0.899. The number of esters is 2. The zero-order valence-corrected chi connectivity index (χ0v) is 15.4. The van der Waals surface area contributed by atoms with Gasteiger partial charge in [0, 0.05) is 0 Å². The highest BCUT2D eigenvalue weighted by Crippen LogP contribution is 2.34. The molecule has 9 heteroatoms. The Morgan fingerprint density at radius 3 is 2.52 bits per heavy atom. The first kappa shape index (κ1) is 19.4. The minimum absolute atomic E-state index is 0.201. The molecule has 138 valence electrons. The summed E-state index contributed by atoms with van der Waals surface area (Å²) in [6.45, 7) is 6.58. The van der Waals surface area contributed by atoms with Gasteiger partial charge in [0.05, 0.1) is 32.5 Å². The maximum Gasteiger partial charge on any atom is 0.348 e. The van der Waals surface area contributed by atoms with Crippen molar-refractivity contribution in [3.8, 4) is 0 Å². The maximum atomic E-state index is 12.3. The SMILES string of the molecule is CCOC(=O)c1c(NC(=O)C[NH+]2CCOCC2)sc(C(=O)OC)c1C. The summed E-state index contributed by atoms with van der Waals surface area (Å²) in [6.07, 6.45) is 0. The fourth-order valence-electron chi connectivity index (χ4n) is 2.57. The third-order valence-corrected chi connectivity index (χ3v) is 5.05. The van der Waals surface area contributed by atoms with Crippen molar-refractivity contribution < 1.29 is 33.5 Å². The Morgan fingerprint density at radius 1 is 1.24 bits per heavy atom. The van der Waals surface area contributed by atoms with Crippen LogP contribution in [0.2, 0.25) is 0 Å². The zero-order valence-electron chi connectivity index (χ0n) is 14.6. The minimum atomic E-state index is -0.569. The van der Waals surface area contributed by atoms with Gasteiger partial charge in [-0.2, -0.15) is 0 Å². The summed E-state index contributed by atoms with van der Waals surface area (Å²) < 4.78 is 15.1. The van der Waals surface area contributed by atoms with Crippen LogP contribution < -0.4 is 10.2 Å². The summed E-state index contributed by atoms with van der Waals surface area (Å²) in [4.78, 5) is 37.9. The van der Waals surface area contributed by atoms with Crippen LogP contribution in [0.25, 0.3) is 0 Å². The number of rotatable bonds is 6. The van der Waals surface area contributed by atoms with E-state index < -0.39 is 11.9 Å². The van der Waals surface area contributed by atoms with Crippen molar-refractivity contribution in [2.75, 3.05) is 51.9 Å². The van der Waals surface area contributed by atoms with E-state index in [1.54, 1.807) is 13.8 Å². The van der Waals surface area contributed by atoms with Crippen molar-refractivity contribution in [1.82, 2.24) is 0 Å². The lowest BCUT2D eigenvalue weighted by atomic mass is 10.1. The summed E-state index contributed by atoms with van der Waals surface area (Å²) in [5, 5.41) is 3.06. The third kappa shape index (κ3) is 4.77. The van der Waals surface area contributed by atoms with Crippen molar-refractivity contribution in [1.29, 1.82) is 0 Å². The normalized spacial score (nSPS) is 14.8. The van der Waals surface area contributed by atoms with Gasteiger partial charge in [0.2, 0.25) is 0 Å². The molecular weight excluding hydrogens is 348 g/mol. The number of amides is 1. The van der Waals surface area contributed by atoms with Gasteiger partial charge < -0.3 is 24.4 Å². The number of methoxy groups -OCH3 is 1. The van der Waals surface area contributed by atoms with Gasteiger partial charge in [-0.25, -0.2) is 9.59 Å². The monoisotopic (exact) mass is 371 g/mol. The van der Waals surface area contributed by atoms with Crippen LogP contribution in [-0.2, 0) is 19.0 Å². The summed E-state index contributed by atoms with van der Waals surface area (Å²) in [5.41, 5.74) is 0.655. The van der Waals surface area contributed by atoms with E-state index in [1.165, 1.54) is 7.11 Å². The van der Waals surface area contributed by atoms with Crippen LogP contribution in [0.3, 0.4) is 0 Å². The quantitative estimate of drug-likeness (QED) is 0.677. The van der Waals surface area contributed by atoms with E-state index in [0.29, 0.717) is 23.8 Å². The second-order valence-corrected chi connectivity index (χ2v) is 6.58. The van der Waals surface area contributed by atoms with Gasteiger partial charge in [-0.15, -0.1) is 11.3 Å². The lowest BCUT2D eigenvalue weighted by Gasteiger charge is -2.23. The Balaban J connectivity index is 2.20. The number of hydrogen-bond acceptors (Lipinski definition) is 7. The molecule has 2 heterocycles. The van der Waals surface area contributed by atoms with Crippen LogP contribution >= 0.6 is 11.3 Å². The van der Waals surface area contributed by atoms with Crippen molar-refractivity contribution in [2.45, 2.75) is 13.8 Å². The number of thiophene rings is 1. The molecule has 0 aromatic carbocycles. The molecule has 2 N–H and O–H groups in total. The first-order chi connectivity index (χ1) is 12.0. The smallest absolute Gasteiger partial charge is 0.348 e. The molecule has 0 radical (unpaired) electrons. The highest BCUT2D eigenvalue weighted by Gasteiger charge is 2.28. The number of morpholine rings is 1. The molecule has 1 fully saturated rings. The highest BCUT2D eigenvalue weighted by atomic mass is 32.1. The second-order valence-electron chi connectivity index (χ2n) is 5.56. The van der Waals surface area contributed by atoms with E-state index in [0.717, 1.165) is 29.3 Å². The fourth-order valence-corrected chi connectivity index (χ4v) is 3.70. The molecule has 1 aromatic rings. The number of nitrogens with one attached hydrogen (secondary N) is 2. The van der Waals surface area contributed by atoms with Gasteiger partial charge in [0.25, 0.3) is 5.91 Å². The predicted molar refractivity (Wildman–Crippen MR) is 91.4 cm³/mol. The van der Waals surface area contributed by atoms with Crippen LogP contribution in [-0.4, -0.2) is 64.4 Å². The van der Waals surface area contributed by atoms with Gasteiger partial charge in [0.1, 0.15) is 23.0 Å². The molecule has 1 saturated heterocycles. The number of ether oxygens (including phenoxy) is 3. The fraction of sp³-hybridized carbons (Fsp3) is 0.562. The molecule has 1 aromatic heterocycles. The van der Waals surface area contributed by atoms with Crippen molar-refractivity contribution >= 4 is 34.2 Å². The summed E-state index contributed by atoms with van der Waals surface area (Å²) >= 11 is 1.02. The molecule has 1 aliphatic heterocycles. The van der Waals surface area contributed by atoms with Crippen LogP contribution in [0.1, 0.15) is 32.5 Å². The molecule has 2 rings (SSSR count). The lowest BCUT2D eigenvalue weighted by Crippen LogP contribution is -3.15. The number of carbonyl (C=O) groups is 3. The molecule has 0 spiro atoms. The van der Waals surface area contributed by atoms with Gasteiger partial charge in [0.15, 0.2) is 6.54 Å². The number of hydrogen-bond donors (Lipinski definition) is 2. The van der Waals surface area contributed by atoms with E-state index in [9.17, 15) is 14.4 Å². The Kier molecular flexibility index (Phi) is 6.91. The molecule has 1 amide bonds. The van der Waals surface area contributed by atoms with E-state index in [4.69, 9.17) is 14.2 Å². The summed E-state index contributed by atoms with van der Waals surface area (Å²) in [6, 6.07) is 0. The molecule has 0 aliphatic carbocycles. The Morgan fingerprint density at radius 2 is 1.92 bits per heavy atom. The van der Waals surface area contributed by atoms with E-state index in [2.05, 4.69) is 5.32 Å². The average molecular weight is 371 g/mol. The molecular formula is C16H23N2O6S+. The van der Waals surface area contributed by atoms with Crippen LogP contribution in [0.15, 0.2) is 0 Å². The molecule has 0 bridgehead atoms.